The molecule has 0 amide bonds. The minimum Gasteiger partial charge on any atom is -0.368 e. The molecule has 0 saturated carbocycles. The molecule has 52 heavy (non-hydrogen) atoms. The van der Waals surface area contributed by atoms with Crippen LogP contribution in [0.15, 0.2) is 109 Å². The first-order chi connectivity index (χ1) is 25.7. The van der Waals surface area contributed by atoms with Gasteiger partial charge in [0.05, 0.1) is 52.9 Å². The number of rotatable bonds is 6. The third-order valence-corrected chi connectivity index (χ3v) is 10.8. The van der Waals surface area contributed by atoms with Gasteiger partial charge in [-0.2, -0.15) is 0 Å². The van der Waals surface area contributed by atoms with Crippen molar-refractivity contribution in [2.75, 3.05) is 26.4 Å². The highest BCUT2D eigenvalue weighted by Crippen LogP contribution is 2.44. The van der Waals surface area contributed by atoms with Gasteiger partial charge in [0.2, 0.25) is 11.6 Å². The Hall–Kier alpha value is -3.52. The summed E-state index contributed by atoms with van der Waals surface area (Å²) >= 11 is 0. The average Bonchev–Trinajstić information content (AvgIpc) is 3.18. The molecule has 2 spiro atoms. The highest BCUT2D eigenvalue weighted by Gasteiger charge is 2.63. The number of ether oxygens (including phenoxy) is 10. The summed E-state index contributed by atoms with van der Waals surface area (Å²) in [5, 5.41) is 0. The van der Waals surface area contributed by atoms with E-state index in [1.807, 2.05) is 84.9 Å². The van der Waals surface area contributed by atoms with E-state index in [9.17, 15) is 0 Å². The molecule has 0 N–H and O–H groups in total. The summed E-state index contributed by atoms with van der Waals surface area (Å²) in [5.74, 6) is -2.60. The molecule has 0 aliphatic carbocycles. The molecular weight excluding hydrogens is 664 g/mol. The summed E-state index contributed by atoms with van der Waals surface area (Å²) in [6.07, 6.45) is -3.12. The van der Waals surface area contributed by atoms with Crippen molar-refractivity contribution < 1.29 is 47.4 Å². The van der Waals surface area contributed by atoms with Crippen LogP contribution in [0.5, 0.6) is 0 Å². The number of hydrogen-bond donors (Lipinski definition) is 0. The van der Waals surface area contributed by atoms with Crippen molar-refractivity contribution >= 4 is 0 Å². The maximum absolute atomic E-state index is 6.86. The Morgan fingerprint density at radius 3 is 1.19 bits per heavy atom. The standard InChI is InChI=1S/C42H44O10/c1-3-11-29(12-4-1)19-47-39-37-35(43-21-31-15-7-9-17-33(31)23-45-37)25-49-41(39)27-52-42(28-51-41)40(48-20-30-13-5-2-6-14-30)38-36(26-50-42)44-22-32-16-8-10-18-34(32)24-46-38/h1-18,35-40H,19-28H2/t35-,36-,37-,38-,39+,40+,41+,42+/m1/s1. The van der Waals surface area contributed by atoms with Crippen LogP contribution in [0, 0.1) is 0 Å². The third-order valence-electron chi connectivity index (χ3n) is 10.8. The summed E-state index contributed by atoms with van der Waals surface area (Å²) in [7, 11) is 0. The van der Waals surface area contributed by atoms with Gasteiger partial charge in [0.25, 0.3) is 0 Å². The maximum atomic E-state index is 6.86. The highest BCUT2D eigenvalue weighted by molar-refractivity contribution is 5.27. The topological polar surface area (TPSA) is 92.3 Å². The van der Waals surface area contributed by atoms with Gasteiger partial charge in [-0.1, -0.05) is 109 Å². The number of fused-ring (bicyclic) bond motifs is 4. The molecule has 10 heteroatoms. The number of benzene rings is 4. The fraction of sp³-hybridized carbons (Fsp3) is 0.429. The largest absolute Gasteiger partial charge is 0.368 e. The van der Waals surface area contributed by atoms with Gasteiger partial charge < -0.3 is 47.4 Å². The molecule has 8 atom stereocenters. The lowest BCUT2D eigenvalue weighted by Crippen LogP contribution is -2.74. The molecule has 0 unspecified atom stereocenters. The minimum atomic E-state index is -1.30. The van der Waals surface area contributed by atoms with Gasteiger partial charge >= 0.3 is 0 Å². The molecule has 0 aromatic heterocycles. The van der Waals surface area contributed by atoms with Crippen LogP contribution in [-0.2, 0) is 87.0 Å². The molecule has 9 rings (SSSR count). The first-order valence-corrected chi connectivity index (χ1v) is 18.1. The first kappa shape index (κ1) is 34.3. The molecule has 272 valence electrons. The van der Waals surface area contributed by atoms with Crippen molar-refractivity contribution in [3.05, 3.63) is 143 Å². The summed E-state index contributed by atoms with van der Waals surface area (Å²) < 4.78 is 66.6. The van der Waals surface area contributed by atoms with Crippen molar-refractivity contribution in [3.63, 3.8) is 0 Å². The maximum Gasteiger partial charge on any atom is 0.222 e. The predicted octanol–water partition coefficient (Wildman–Crippen LogP) is 5.63. The monoisotopic (exact) mass is 708 g/mol. The van der Waals surface area contributed by atoms with Crippen molar-refractivity contribution in [1.29, 1.82) is 0 Å². The van der Waals surface area contributed by atoms with Crippen LogP contribution in [0.4, 0.5) is 0 Å². The average molecular weight is 709 g/mol. The summed E-state index contributed by atoms with van der Waals surface area (Å²) in [5.41, 5.74) is 6.39. The SMILES string of the molecule is c1ccc(CO[C@H]2[C@@H]3OCc4ccccc4CO[C@@H]3CO[C@]23CO[C@]2(CO3)OC[C@H]3OCc4ccccc4CO[C@H]3[C@@H]2OCc2ccccc2)cc1. The van der Waals surface area contributed by atoms with E-state index in [-0.39, 0.29) is 38.6 Å². The second-order valence-electron chi connectivity index (χ2n) is 14.0. The molecule has 4 aromatic rings. The van der Waals surface area contributed by atoms with Gasteiger partial charge in [-0.3, -0.25) is 0 Å². The summed E-state index contributed by atoms with van der Waals surface area (Å²) in [4.78, 5) is 0. The Bertz CT molecular complexity index is 1650. The van der Waals surface area contributed by atoms with E-state index >= 15 is 0 Å². The lowest BCUT2D eigenvalue weighted by atomic mass is 9.91. The molecule has 5 aliphatic heterocycles. The van der Waals surface area contributed by atoms with Crippen LogP contribution in [-0.4, -0.2) is 74.6 Å². The normalized spacial score (nSPS) is 33.0. The molecular formula is C42H44O10. The van der Waals surface area contributed by atoms with Crippen LogP contribution in [0.25, 0.3) is 0 Å². The smallest absolute Gasteiger partial charge is 0.222 e. The van der Waals surface area contributed by atoms with Crippen molar-refractivity contribution in [2.45, 2.75) is 87.8 Å². The Labute approximate surface area is 303 Å². The fourth-order valence-corrected chi connectivity index (χ4v) is 7.80. The van der Waals surface area contributed by atoms with Crippen LogP contribution < -0.4 is 0 Å². The van der Waals surface area contributed by atoms with E-state index in [4.69, 9.17) is 47.4 Å². The van der Waals surface area contributed by atoms with Gasteiger partial charge in [-0.25, -0.2) is 0 Å². The highest BCUT2D eigenvalue weighted by atomic mass is 16.8. The Morgan fingerprint density at radius 2 is 0.808 bits per heavy atom. The summed E-state index contributed by atoms with van der Waals surface area (Å²) in [6.45, 7) is 2.86. The van der Waals surface area contributed by atoms with Gasteiger partial charge in [0.15, 0.2) is 0 Å². The molecule has 0 bridgehead atoms. The Kier molecular flexibility index (Phi) is 9.93. The summed E-state index contributed by atoms with van der Waals surface area (Å²) in [6, 6.07) is 36.4. The van der Waals surface area contributed by atoms with Crippen LogP contribution in [0.2, 0.25) is 0 Å². The van der Waals surface area contributed by atoms with Gasteiger partial charge in [-0.05, 0) is 33.4 Å². The van der Waals surface area contributed by atoms with Crippen molar-refractivity contribution in [1.82, 2.24) is 0 Å². The minimum absolute atomic E-state index is 0.00188. The lowest BCUT2D eigenvalue weighted by molar-refractivity contribution is -0.461. The zero-order valence-corrected chi connectivity index (χ0v) is 29.0. The first-order valence-electron chi connectivity index (χ1n) is 18.1. The van der Waals surface area contributed by atoms with Crippen LogP contribution in [0.3, 0.4) is 0 Å². The van der Waals surface area contributed by atoms with Gasteiger partial charge in [0.1, 0.15) is 49.8 Å². The van der Waals surface area contributed by atoms with Crippen LogP contribution in [0.1, 0.15) is 33.4 Å². The van der Waals surface area contributed by atoms with E-state index in [1.54, 1.807) is 0 Å². The lowest BCUT2D eigenvalue weighted by Gasteiger charge is -2.56. The second-order valence-corrected chi connectivity index (χ2v) is 14.0. The van der Waals surface area contributed by atoms with Crippen molar-refractivity contribution in [2.24, 2.45) is 0 Å². The van der Waals surface area contributed by atoms with E-state index in [1.165, 1.54) is 0 Å². The Morgan fingerprint density at radius 1 is 0.442 bits per heavy atom. The zero-order valence-electron chi connectivity index (χ0n) is 29.0. The third kappa shape index (κ3) is 6.85. The van der Waals surface area contributed by atoms with E-state index in [2.05, 4.69) is 24.3 Å². The molecule has 3 fully saturated rings. The molecule has 10 nitrogen and oxygen atoms in total. The molecule has 4 aromatic carbocycles. The predicted molar refractivity (Wildman–Crippen MR) is 186 cm³/mol. The van der Waals surface area contributed by atoms with E-state index in [0.29, 0.717) is 39.6 Å². The van der Waals surface area contributed by atoms with E-state index < -0.39 is 36.0 Å². The van der Waals surface area contributed by atoms with Gasteiger partial charge in [0, 0.05) is 0 Å². The van der Waals surface area contributed by atoms with Gasteiger partial charge in [-0.15, -0.1) is 0 Å². The Balaban J connectivity index is 0.994. The fourth-order valence-electron chi connectivity index (χ4n) is 7.80. The van der Waals surface area contributed by atoms with E-state index in [0.717, 1.165) is 33.4 Å². The molecule has 5 aliphatic rings. The number of hydrogen-bond acceptors (Lipinski definition) is 10. The molecule has 5 heterocycles. The molecule has 0 radical (unpaired) electrons. The second kappa shape index (κ2) is 15.1. The molecule has 3 saturated heterocycles. The zero-order chi connectivity index (χ0) is 34.8. The quantitative estimate of drug-likeness (QED) is 0.251. The van der Waals surface area contributed by atoms with Crippen LogP contribution >= 0.6 is 0 Å². The van der Waals surface area contributed by atoms with Crippen molar-refractivity contribution in [3.8, 4) is 0 Å².